The average Bonchev–Trinajstić information content (AvgIpc) is 2.39. The zero-order chi connectivity index (χ0) is 15.3. The lowest BCUT2D eigenvalue weighted by Gasteiger charge is -2.28. The third-order valence-electron chi connectivity index (χ3n) is 3.07. The van der Waals surface area contributed by atoms with E-state index in [1.165, 1.54) is 12.1 Å². The van der Waals surface area contributed by atoms with E-state index in [0.717, 1.165) is 5.56 Å². The molecular weight excluding hydrogens is 275 g/mol. The van der Waals surface area contributed by atoms with Crippen LogP contribution in [0.4, 0.5) is 4.39 Å². The Labute approximate surface area is 123 Å². The minimum Gasteiger partial charge on any atom is -0.598 e. The maximum absolute atomic E-state index is 13.0. The second kappa shape index (κ2) is 7.07. The SMILES string of the molecule is CCC(c1ccc(F)cc1)C(C#N)N[S@@+]([O-])C(C)(C)C. The first-order valence-corrected chi connectivity index (χ1v) is 7.77. The number of benzene rings is 1. The first-order valence-electron chi connectivity index (χ1n) is 6.62. The molecule has 0 radical (unpaired) electrons. The van der Waals surface area contributed by atoms with E-state index in [9.17, 15) is 14.2 Å². The normalized spacial score (nSPS) is 16.2. The molecule has 20 heavy (non-hydrogen) atoms. The third kappa shape index (κ3) is 4.48. The van der Waals surface area contributed by atoms with Crippen molar-refractivity contribution in [2.24, 2.45) is 0 Å². The lowest BCUT2D eigenvalue weighted by molar-refractivity contribution is 0.507. The molecule has 1 rings (SSSR count). The summed E-state index contributed by atoms with van der Waals surface area (Å²) in [4.78, 5) is 0. The van der Waals surface area contributed by atoms with Gasteiger partial charge in [0.25, 0.3) is 0 Å². The van der Waals surface area contributed by atoms with Crippen LogP contribution in [0.15, 0.2) is 24.3 Å². The van der Waals surface area contributed by atoms with Crippen molar-refractivity contribution < 1.29 is 8.94 Å². The van der Waals surface area contributed by atoms with Crippen LogP contribution in [0.2, 0.25) is 0 Å². The topological polar surface area (TPSA) is 58.9 Å². The molecule has 3 atom stereocenters. The van der Waals surface area contributed by atoms with Gasteiger partial charge in [0.2, 0.25) is 0 Å². The van der Waals surface area contributed by atoms with Crippen molar-refractivity contribution >= 4 is 11.4 Å². The molecule has 0 aliphatic carbocycles. The Hall–Kier alpha value is -1.09. The first-order chi connectivity index (χ1) is 9.29. The summed E-state index contributed by atoms with van der Waals surface area (Å²) in [6.45, 7) is 7.51. The Morgan fingerprint density at radius 2 is 1.90 bits per heavy atom. The molecule has 0 aliphatic heterocycles. The summed E-state index contributed by atoms with van der Waals surface area (Å²) in [5.41, 5.74) is 0.874. The van der Waals surface area contributed by atoms with Gasteiger partial charge in [-0.2, -0.15) is 5.26 Å². The van der Waals surface area contributed by atoms with Crippen LogP contribution in [0, 0.1) is 17.1 Å². The Bertz CT molecular complexity index is 464. The van der Waals surface area contributed by atoms with Gasteiger partial charge >= 0.3 is 0 Å². The molecule has 0 saturated heterocycles. The molecule has 5 heteroatoms. The molecule has 1 aromatic rings. The molecule has 0 heterocycles. The number of hydrogen-bond acceptors (Lipinski definition) is 3. The van der Waals surface area contributed by atoms with Crippen LogP contribution in [0.25, 0.3) is 0 Å². The van der Waals surface area contributed by atoms with E-state index in [1.54, 1.807) is 12.1 Å². The van der Waals surface area contributed by atoms with E-state index >= 15 is 0 Å². The Kier molecular flexibility index (Phi) is 6.00. The first kappa shape index (κ1) is 17.0. The highest BCUT2D eigenvalue weighted by molar-refractivity contribution is 7.90. The zero-order valence-electron chi connectivity index (χ0n) is 12.3. The predicted molar refractivity (Wildman–Crippen MR) is 79.9 cm³/mol. The molecule has 0 saturated carbocycles. The van der Waals surface area contributed by atoms with Crippen LogP contribution in [0.1, 0.15) is 45.6 Å². The van der Waals surface area contributed by atoms with Crippen molar-refractivity contribution in [1.82, 2.24) is 4.72 Å². The Balaban J connectivity index is 2.91. The smallest absolute Gasteiger partial charge is 0.146 e. The number of halogens is 1. The Morgan fingerprint density at radius 1 is 1.35 bits per heavy atom. The summed E-state index contributed by atoms with van der Waals surface area (Å²) in [5, 5.41) is 9.34. The molecule has 0 spiro atoms. The fraction of sp³-hybridized carbons (Fsp3) is 0.533. The van der Waals surface area contributed by atoms with Gasteiger partial charge in [0.1, 0.15) is 16.6 Å². The van der Waals surface area contributed by atoms with Crippen LogP contribution in [-0.2, 0) is 11.4 Å². The third-order valence-corrected chi connectivity index (χ3v) is 4.65. The maximum atomic E-state index is 13.0. The number of hydrogen-bond donors (Lipinski definition) is 1. The van der Waals surface area contributed by atoms with Crippen LogP contribution >= 0.6 is 0 Å². The van der Waals surface area contributed by atoms with Gasteiger partial charge in [0.05, 0.1) is 6.07 Å². The zero-order valence-corrected chi connectivity index (χ0v) is 13.1. The summed E-state index contributed by atoms with van der Waals surface area (Å²) in [6, 6.07) is 7.72. The summed E-state index contributed by atoms with van der Waals surface area (Å²) in [6.07, 6.45) is 0.707. The minimum absolute atomic E-state index is 0.119. The molecule has 0 aromatic heterocycles. The van der Waals surface area contributed by atoms with Gasteiger partial charge in [-0.15, -0.1) is 4.72 Å². The molecule has 1 aromatic carbocycles. The van der Waals surface area contributed by atoms with E-state index in [2.05, 4.69) is 10.8 Å². The van der Waals surface area contributed by atoms with Gasteiger partial charge in [0, 0.05) is 17.3 Å². The predicted octanol–water partition coefficient (Wildman–Crippen LogP) is 3.26. The van der Waals surface area contributed by atoms with Crippen molar-refractivity contribution in [1.29, 1.82) is 5.26 Å². The van der Waals surface area contributed by atoms with E-state index in [-0.39, 0.29) is 11.7 Å². The van der Waals surface area contributed by atoms with E-state index in [4.69, 9.17) is 0 Å². The fourth-order valence-electron chi connectivity index (χ4n) is 1.86. The molecular formula is C15H21FN2OS. The second-order valence-electron chi connectivity index (χ2n) is 5.67. The van der Waals surface area contributed by atoms with Gasteiger partial charge < -0.3 is 4.55 Å². The number of nitriles is 1. The van der Waals surface area contributed by atoms with Crippen LogP contribution in [-0.4, -0.2) is 15.3 Å². The molecule has 0 fully saturated rings. The number of nitrogens with one attached hydrogen (secondary N) is 1. The second-order valence-corrected chi connectivity index (χ2v) is 7.67. The van der Waals surface area contributed by atoms with Crippen molar-refractivity contribution in [2.75, 3.05) is 0 Å². The standard InChI is InChI=1S/C15H21FN2OS/c1-5-13(11-6-8-12(16)9-7-11)14(10-17)18-20(19)15(2,3)4/h6-9,13-14,18H,5H2,1-4H3/t13?,14?,20-/m0/s1. The highest BCUT2D eigenvalue weighted by Crippen LogP contribution is 2.25. The Morgan fingerprint density at radius 3 is 2.30 bits per heavy atom. The highest BCUT2D eigenvalue weighted by Gasteiger charge is 2.32. The van der Waals surface area contributed by atoms with E-state index in [1.807, 2.05) is 27.7 Å². The van der Waals surface area contributed by atoms with Crippen LogP contribution in [0.3, 0.4) is 0 Å². The molecule has 110 valence electrons. The largest absolute Gasteiger partial charge is 0.598 e. The van der Waals surface area contributed by atoms with Gasteiger partial charge in [-0.1, -0.05) is 19.1 Å². The van der Waals surface area contributed by atoms with Crippen molar-refractivity contribution in [3.05, 3.63) is 35.6 Å². The summed E-state index contributed by atoms with van der Waals surface area (Å²) in [5.74, 6) is -0.421. The van der Waals surface area contributed by atoms with Crippen molar-refractivity contribution in [3.63, 3.8) is 0 Å². The van der Waals surface area contributed by atoms with Gasteiger partial charge in [-0.3, -0.25) is 0 Å². The number of nitrogens with zero attached hydrogens (tertiary/aromatic N) is 1. The highest BCUT2D eigenvalue weighted by atomic mass is 32.2. The van der Waals surface area contributed by atoms with Crippen molar-refractivity contribution in [2.45, 2.75) is 50.8 Å². The van der Waals surface area contributed by atoms with Gasteiger partial charge in [0.15, 0.2) is 0 Å². The molecule has 1 N–H and O–H groups in total. The molecule has 2 unspecified atom stereocenters. The van der Waals surface area contributed by atoms with Gasteiger partial charge in [-0.25, -0.2) is 4.39 Å². The van der Waals surface area contributed by atoms with Gasteiger partial charge in [-0.05, 0) is 44.9 Å². The van der Waals surface area contributed by atoms with Crippen molar-refractivity contribution in [3.8, 4) is 6.07 Å². The van der Waals surface area contributed by atoms with E-state index < -0.39 is 22.2 Å². The quantitative estimate of drug-likeness (QED) is 0.848. The molecule has 0 aliphatic rings. The molecule has 0 bridgehead atoms. The summed E-state index contributed by atoms with van der Waals surface area (Å²) in [7, 11) is 0. The fourth-order valence-corrected chi connectivity index (χ4v) is 2.67. The maximum Gasteiger partial charge on any atom is 0.146 e. The van der Waals surface area contributed by atoms with Crippen LogP contribution < -0.4 is 4.72 Å². The molecule has 0 amide bonds. The van der Waals surface area contributed by atoms with Crippen LogP contribution in [0.5, 0.6) is 0 Å². The molecule has 3 nitrogen and oxygen atoms in total. The average molecular weight is 296 g/mol. The minimum atomic E-state index is -1.31. The lowest BCUT2D eigenvalue weighted by atomic mass is 9.90. The summed E-state index contributed by atoms with van der Waals surface area (Å²) >= 11 is -1.31. The number of rotatable bonds is 5. The monoisotopic (exact) mass is 296 g/mol. The van der Waals surface area contributed by atoms with E-state index in [0.29, 0.717) is 6.42 Å². The summed E-state index contributed by atoms with van der Waals surface area (Å²) < 4.78 is 27.6. The lowest BCUT2D eigenvalue weighted by Crippen LogP contribution is -2.46.